The highest BCUT2D eigenvalue weighted by molar-refractivity contribution is 6.34. The Kier molecular flexibility index (Phi) is 6.10. The standard InChI is InChI=1S/C20H30ClN3O2/c1-4-20(24-11-13-26-14-12-24)7-9-23(10-8-20)19(25)22-18-16(3)15(2)5-6-17(18)21/h5-6H,4,7-14H2,1-3H3,(H,22,25). The van der Waals surface area contributed by atoms with Crippen molar-refractivity contribution in [2.24, 2.45) is 0 Å². The number of urea groups is 1. The molecule has 2 aliphatic rings. The lowest BCUT2D eigenvalue weighted by atomic mass is 9.83. The van der Waals surface area contributed by atoms with E-state index in [1.807, 2.05) is 30.9 Å². The van der Waals surface area contributed by atoms with E-state index in [1.54, 1.807) is 0 Å². The lowest BCUT2D eigenvalue weighted by Crippen LogP contribution is -2.59. The van der Waals surface area contributed by atoms with Gasteiger partial charge in [-0.25, -0.2) is 4.79 Å². The molecule has 5 nitrogen and oxygen atoms in total. The molecule has 2 aliphatic heterocycles. The third-order valence-corrected chi connectivity index (χ3v) is 6.55. The molecule has 0 unspecified atom stereocenters. The highest BCUT2D eigenvalue weighted by Gasteiger charge is 2.39. The van der Waals surface area contributed by atoms with Crippen LogP contribution >= 0.6 is 11.6 Å². The maximum Gasteiger partial charge on any atom is 0.321 e. The van der Waals surface area contributed by atoms with Gasteiger partial charge in [-0.05, 0) is 50.3 Å². The summed E-state index contributed by atoms with van der Waals surface area (Å²) < 4.78 is 5.51. The smallest absolute Gasteiger partial charge is 0.321 e. The maximum absolute atomic E-state index is 12.8. The SMILES string of the molecule is CCC1(N2CCOCC2)CCN(C(=O)Nc2c(Cl)ccc(C)c2C)CC1. The molecular weight excluding hydrogens is 350 g/mol. The zero-order valence-electron chi connectivity index (χ0n) is 16.1. The monoisotopic (exact) mass is 379 g/mol. The first-order chi connectivity index (χ1) is 12.5. The molecule has 0 aliphatic carbocycles. The van der Waals surface area contributed by atoms with Crippen LogP contribution in [-0.4, -0.2) is 60.8 Å². The second-order valence-corrected chi connectivity index (χ2v) is 7.87. The van der Waals surface area contributed by atoms with Crippen molar-refractivity contribution in [2.75, 3.05) is 44.7 Å². The second-order valence-electron chi connectivity index (χ2n) is 7.46. The summed E-state index contributed by atoms with van der Waals surface area (Å²) >= 11 is 6.30. The number of carbonyl (C=O) groups excluding carboxylic acids is 1. The van der Waals surface area contributed by atoms with Crippen LogP contribution in [0.15, 0.2) is 12.1 Å². The zero-order chi connectivity index (χ0) is 18.7. The van der Waals surface area contributed by atoms with Gasteiger partial charge in [-0.1, -0.05) is 24.6 Å². The molecule has 1 aromatic rings. The van der Waals surface area contributed by atoms with Gasteiger partial charge in [0, 0.05) is 31.7 Å². The molecule has 1 aromatic carbocycles. The van der Waals surface area contributed by atoms with Gasteiger partial charge in [-0.15, -0.1) is 0 Å². The van der Waals surface area contributed by atoms with Crippen LogP contribution in [0.25, 0.3) is 0 Å². The summed E-state index contributed by atoms with van der Waals surface area (Å²) in [6, 6.07) is 3.77. The van der Waals surface area contributed by atoms with Gasteiger partial charge in [0.05, 0.1) is 23.9 Å². The van der Waals surface area contributed by atoms with Gasteiger partial charge < -0.3 is 15.0 Å². The number of carbonyl (C=O) groups is 1. The van der Waals surface area contributed by atoms with E-state index in [4.69, 9.17) is 16.3 Å². The number of anilines is 1. The van der Waals surface area contributed by atoms with Crippen LogP contribution in [0.5, 0.6) is 0 Å². The highest BCUT2D eigenvalue weighted by Crippen LogP contribution is 2.34. The molecule has 0 spiro atoms. The molecule has 26 heavy (non-hydrogen) atoms. The fourth-order valence-electron chi connectivity index (χ4n) is 4.18. The second kappa shape index (κ2) is 8.15. The Hall–Kier alpha value is -1.30. The van der Waals surface area contributed by atoms with Crippen LogP contribution in [-0.2, 0) is 4.74 Å². The molecule has 3 rings (SSSR count). The number of rotatable bonds is 3. The number of ether oxygens (including phenoxy) is 1. The van der Waals surface area contributed by atoms with Gasteiger partial charge in [0.2, 0.25) is 0 Å². The number of piperidine rings is 1. The van der Waals surface area contributed by atoms with E-state index < -0.39 is 0 Å². The predicted molar refractivity (Wildman–Crippen MR) is 106 cm³/mol. The summed E-state index contributed by atoms with van der Waals surface area (Å²) in [7, 11) is 0. The molecule has 1 N–H and O–H groups in total. The molecule has 144 valence electrons. The van der Waals surface area contributed by atoms with E-state index in [0.717, 1.165) is 75.5 Å². The van der Waals surface area contributed by atoms with E-state index in [2.05, 4.69) is 17.1 Å². The third kappa shape index (κ3) is 3.85. The van der Waals surface area contributed by atoms with Gasteiger partial charge in [-0.2, -0.15) is 0 Å². The van der Waals surface area contributed by atoms with Gasteiger partial charge in [0.25, 0.3) is 0 Å². The molecule has 2 fully saturated rings. The molecule has 0 radical (unpaired) electrons. The van der Waals surface area contributed by atoms with E-state index in [-0.39, 0.29) is 11.6 Å². The average molecular weight is 380 g/mol. The van der Waals surface area contributed by atoms with Crippen LogP contribution in [0.4, 0.5) is 10.5 Å². The first kappa shape index (κ1) is 19.5. The van der Waals surface area contributed by atoms with Crippen molar-refractivity contribution >= 4 is 23.3 Å². The summed E-state index contributed by atoms with van der Waals surface area (Å²) in [6.07, 6.45) is 3.14. The third-order valence-electron chi connectivity index (χ3n) is 6.24. The Morgan fingerprint density at radius 3 is 2.46 bits per heavy atom. The van der Waals surface area contributed by atoms with Gasteiger partial charge in [0.1, 0.15) is 0 Å². The zero-order valence-corrected chi connectivity index (χ0v) is 16.9. The molecule has 2 saturated heterocycles. The number of likely N-dealkylation sites (tertiary alicyclic amines) is 1. The Labute approximate surface area is 161 Å². The number of hydrogen-bond acceptors (Lipinski definition) is 3. The minimum Gasteiger partial charge on any atom is -0.379 e. The lowest BCUT2D eigenvalue weighted by molar-refractivity contribution is -0.0449. The van der Waals surface area contributed by atoms with Crippen molar-refractivity contribution in [2.45, 2.75) is 45.6 Å². The maximum atomic E-state index is 12.8. The molecular formula is C20H30ClN3O2. The molecule has 2 amide bonds. The van der Waals surface area contributed by atoms with Crippen molar-refractivity contribution in [1.29, 1.82) is 0 Å². The molecule has 0 bridgehead atoms. The van der Waals surface area contributed by atoms with Gasteiger partial charge in [-0.3, -0.25) is 4.90 Å². The molecule has 0 aromatic heterocycles. The average Bonchev–Trinajstić information content (AvgIpc) is 2.69. The molecule has 0 saturated carbocycles. The largest absolute Gasteiger partial charge is 0.379 e. The summed E-state index contributed by atoms with van der Waals surface area (Å²) in [4.78, 5) is 17.3. The number of nitrogens with one attached hydrogen (secondary N) is 1. The summed E-state index contributed by atoms with van der Waals surface area (Å²) in [5.74, 6) is 0. The number of benzene rings is 1. The van der Waals surface area contributed by atoms with E-state index >= 15 is 0 Å². The number of hydrogen-bond donors (Lipinski definition) is 1. The Bertz CT molecular complexity index is 651. The van der Waals surface area contributed by atoms with Crippen LogP contribution in [0, 0.1) is 13.8 Å². The van der Waals surface area contributed by atoms with Crippen LogP contribution in [0.1, 0.15) is 37.3 Å². The lowest BCUT2D eigenvalue weighted by Gasteiger charge is -2.49. The first-order valence-corrected chi connectivity index (χ1v) is 9.99. The Morgan fingerprint density at radius 1 is 1.19 bits per heavy atom. The number of aryl methyl sites for hydroxylation is 1. The van der Waals surface area contributed by atoms with E-state index in [9.17, 15) is 4.79 Å². The normalized spacial score (nSPS) is 20.8. The van der Waals surface area contributed by atoms with E-state index in [0.29, 0.717) is 5.02 Å². The van der Waals surface area contributed by atoms with E-state index in [1.165, 1.54) is 0 Å². The molecule has 0 atom stereocenters. The van der Waals surface area contributed by atoms with Crippen molar-refractivity contribution in [3.05, 3.63) is 28.3 Å². The number of halogens is 1. The fraction of sp³-hybridized carbons (Fsp3) is 0.650. The van der Waals surface area contributed by atoms with Crippen LogP contribution in [0.2, 0.25) is 5.02 Å². The van der Waals surface area contributed by atoms with Crippen LogP contribution < -0.4 is 5.32 Å². The van der Waals surface area contributed by atoms with Crippen molar-refractivity contribution < 1.29 is 9.53 Å². The van der Waals surface area contributed by atoms with Crippen molar-refractivity contribution in [1.82, 2.24) is 9.80 Å². The summed E-state index contributed by atoms with van der Waals surface area (Å²) in [5, 5.41) is 3.63. The van der Waals surface area contributed by atoms with Gasteiger partial charge in [0.15, 0.2) is 0 Å². The number of nitrogens with zero attached hydrogens (tertiary/aromatic N) is 2. The Morgan fingerprint density at radius 2 is 1.85 bits per heavy atom. The summed E-state index contributed by atoms with van der Waals surface area (Å²) in [6.45, 7) is 11.5. The van der Waals surface area contributed by atoms with Gasteiger partial charge >= 0.3 is 6.03 Å². The first-order valence-electron chi connectivity index (χ1n) is 9.61. The molecule has 2 heterocycles. The summed E-state index contributed by atoms with van der Waals surface area (Å²) in [5.41, 5.74) is 3.09. The highest BCUT2D eigenvalue weighted by atomic mass is 35.5. The minimum absolute atomic E-state index is 0.0488. The predicted octanol–water partition coefficient (Wildman–Crippen LogP) is 4.07. The topological polar surface area (TPSA) is 44.8 Å². The number of morpholine rings is 1. The minimum atomic E-state index is -0.0488. The van der Waals surface area contributed by atoms with Crippen molar-refractivity contribution in [3.63, 3.8) is 0 Å². The van der Waals surface area contributed by atoms with Crippen LogP contribution in [0.3, 0.4) is 0 Å². The molecule has 6 heteroatoms. The Balaban J connectivity index is 1.64. The number of amides is 2. The quantitative estimate of drug-likeness (QED) is 0.861. The van der Waals surface area contributed by atoms with Crippen molar-refractivity contribution in [3.8, 4) is 0 Å². The fourth-order valence-corrected chi connectivity index (χ4v) is 4.43.